The molecule has 15 heavy (non-hydrogen) atoms. The first kappa shape index (κ1) is 13.1. The normalized spacial score (nSPS) is 18.3. The number of Topliss-reactive ketones (excluding diaryl/α,β-unsaturated/α-hetero) is 1. The van der Waals surface area contributed by atoms with Crippen molar-refractivity contribution < 1.29 is 4.79 Å². The van der Waals surface area contributed by atoms with Crippen LogP contribution in [-0.2, 0) is 4.79 Å². The molecule has 1 aliphatic rings. The summed E-state index contributed by atoms with van der Waals surface area (Å²) in [4.78, 5) is 11.8. The fraction of sp³-hybridized carbons (Fsp3) is 0.923. The molecule has 0 atom stereocenters. The second-order valence-corrected chi connectivity index (χ2v) is 5.91. The number of ketones is 1. The Labute approximate surface area is 98.4 Å². The predicted octanol–water partition coefficient (Wildman–Crippen LogP) is 3.92. The van der Waals surface area contributed by atoms with Gasteiger partial charge in [0.25, 0.3) is 0 Å². The third-order valence-electron chi connectivity index (χ3n) is 3.53. The largest absolute Gasteiger partial charge is 0.300 e. The molecule has 1 saturated heterocycles. The summed E-state index contributed by atoms with van der Waals surface area (Å²) in [5, 5.41) is 0. The quantitative estimate of drug-likeness (QED) is 0.685. The second-order valence-electron chi connectivity index (χ2n) is 4.69. The molecule has 0 aromatic carbocycles. The van der Waals surface area contributed by atoms with Crippen LogP contribution in [0.5, 0.6) is 0 Å². The number of carbonyl (C=O) groups excluding carboxylic acids is 1. The molecule has 88 valence electrons. The lowest BCUT2D eigenvalue weighted by Gasteiger charge is -2.21. The van der Waals surface area contributed by atoms with Crippen molar-refractivity contribution in [1.82, 2.24) is 0 Å². The third kappa shape index (κ3) is 5.05. The molecule has 0 aliphatic carbocycles. The lowest BCUT2D eigenvalue weighted by Crippen LogP contribution is -2.16. The van der Waals surface area contributed by atoms with E-state index in [1.165, 1.54) is 24.3 Å². The molecule has 1 heterocycles. The van der Waals surface area contributed by atoms with Gasteiger partial charge in [-0.15, -0.1) is 0 Å². The molecule has 0 saturated carbocycles. The van der Waals surface area contributed by atoms with E-state index in [2.05, 4.69) is 13.8 Å². The summed E-state index contributed by atoms with van der Waals surface area (Å²) in [6, 6.07) is 0. The van der Waals surface area contributed by atoms with Crippen molar-refractivity contribution in [3.05, 3.63) is 0 Å². The maximum Gasteiger partial charge on any atom is 0.133 e. The number of hydrogen-bond donors (Lipinski definition) is 0. The van der Waals surface area contributed by atoms with Crippen molar-refractivity contribution in [2.24, 2.45) is 11.8 Å². The van der Waals surface area contributed by atoms with Crippen LogP contribution in [0.25, 0.3) is 0 Å². The van der Waals surface area contributed by atoms with E-state index >= 15 is 0 Å². The van der Waals surface area contributed by atoms with Crippen LogP contribution in [0.4, 0.5) is 0 Å². The molecule has 0 aromatic rings. The highest BCUT2D eigenvalue weighted by atomic mass is 32.2. The molecule has 0 N–H and O–H groups in total. The van der Waals surface area contributed by atoms with Crippen LogP contribution in [0.15, 0.2) is 0 Å². The first-order chi connectivity index (χ1) is 7.26. The van der Waals surface area contributed by atoms with E-state index < -0.39 is 0 Å². The Hall–Kier alpha value is 0.0200. The Morgan fingerprint density at radius 2 is 1.87 bits per heavy atom. The molecule has 1 aliphatic heterocycles. The first-order valence-electron chi connectivity index (χ1n) is 6.35. The SMILES string of the molecule is CCC(CC)CC(=O)CC1CCSCC1. The Bertz CT molecular complexity index is 181. The summed E-state index contributed by atoms with van der Waals surface area (Å²) in [6.07, 6.45) is 6.53. The Morgan fingerprint density at radius 1 is 1.27 bits per heavy atom. The molecular formula is C13H24OS. The van der Waals surface area contributed by atoms with Crippen LogP contribution in [0.2, 0.25) is 0 Å². The molecular weight excluding hydrogens is 204 g/mol. The number of thioether (sulfide) groups is 1. The van der Waals surface area contributed by atoms with E-state index in [0.717, 1.165) is 25.7 Å². The molecule has 0 radical (unpaired) electrons. The van der Waals surface area contributed by atoms with Crippen molar-refractivity contribution in [2.75, 3.05) is 11.5 Å². The minimum absolute atomic E-state index is 0.514. The van der Waals surface area contributed by atoms with Gasteiger partial charge in [0.1, 0.15) is 5.78 Å². The average molecular weight is 228 g/mol. The zero-order chi connectivity index (χ0) is 11.1. The van der Waals surface area contributed by atoms with Gasteiger partial charge in [-0.1, -0.05) is 26.7 Å². The summed E-state index contributed by atoms with van der Waals surface area (Å²) in [5.41, 5.74) is 0. The van der Waals surface area contributed by atoms with Crippen molar-refractivity contribution in [2.45, 2.75) is 52.4 Å². The maximum atomic E-state index is 11.8. The summed E-state index contributed by atoms with van der Waals surface area (Å²) < 4.78 is 0. The van der Waals surface area contributed by atoms with Gasteiger partial charge >= 0.3 is 0 Å². The molecule has 2 heteroatoms. The number of rotatable bonds is 6. The van der Waals surface area contributed by atoms with Crippen molar-refractivity contribution in [3.8, 4) is 0 Å². The van der Waals surface area contributed by atoms with Gasteiger partial charge in [-0.25, -0.2) is 0 Å². The highest BCUT2D eigenvalue weighted by Crippen LogP contribution is 2.26. The standard InChI is InChI=1S/C13H24OS/c1-3-11(4-2)9-13(14)10-12-5-7-15-8-6-12/h11-12H,3-10H2,1-2H3. The van der Waals surface area contributed by atoms with Gasteiger partial charge in [0.15, 0.2) is 0 Å². The molecule has 0 bridgehead atoms. The molecule has 1 nitrogen and oxygen atoms in total. The topological polar surface area (TPSA) is 17.1 Å². The minimum atomic E-state index is 0.514. The molecule has 0 unspecified atom stereocenters. The Balaban J connectivity index is 2.21. The van der Waals surface area contributed by atoms with Gasteiger partial charge in [0.2, 0.25) is 0 Å². The van der Waals surface area contributed by atoms with Gasteiger partial charge in [0.05, 0.1) is 0 Å². The zero-order valence-corrected chi connectivity index (χ0v) is 10.9. The summed E-state index contributed by atoms with van der Waals surface area (Å²) >= 11 is 2.04. The number of hydrogen-bond acceptors (Lipinski definition) is 2. The first-order valence-corrected chi connectivity index (χ1v) is 7.51. The van der Waals surface area contributed by atoms with Gasteiger partial charge in [-0.05, 0) is 36.2 Å². The number of carbonyl (C=O) groups is 1. The fourth-order valence-electron chi connectivity index (χ4n) is 2.26. The van der Waals surface area contributed by atoms with E-state index in [4.69, 9.17) is 0 Å². The van der Waals surface area contributed by atoms with E-state index in [9.17, 15) is 4.79 Å². The van der Waals surface area contributed by atoms with Crippen LogP contribution in [0.1, 0.15) is 52.4 Å². The smallest absolute Gasteiger partial charge is 0.133 e. The summed E-state index contributed by atoms with van der Waals surface area (Å²) in [7, 11) is 0. The van der Waals surface area contributed by atoms with Crippen LogP contribution in [0.3, 0.4) is 0 Å². The Kier molecular flexibility index (Phi) is 6.39. The highest BCUT2D eigenvalue weighted by Gasteiger charge is 2.18. The summed E-state index contributed by atoms with van der Waals surface area (Å²) in [5.74, 6) is 4.38. The zero-order valence-electron chi connectivity index (χ0n) is 10.1. The van der Waals surface area contributed by atoms with Crippen LogP contribution < -0.4 is 0 Å². The predicted molar refractivity (Wildman–Crippen MR) is 68.4 cm³/mol. The molecule has 0 spiro atoms. The van der Waals surface area contributed by atoms with Crippen LogP contribution >= 0.6 is 11.8 Å². The lowest BCUT2D eigenvalue weighted by molar-refractivity contribution is -0.121. The van der Waals surface area contributed by atoms with Gasteiger partial charge in [0, 0.05) is 12.8 Å². The van der Waals surface area contributed by atoms with Crippen molar-refractivity contribution in [3.63, 3.8) is 0 Å². The second kappa shape index (κ2) is 7.32. The van der Waals surface area contributed by atoms with Gasteiger partial charge in [-0.2, -0.15) is 11.8 Å². The molecule has 1 rings (SSSR count). The summed E-state index contributed by atoms with van der Waals surface area (Å²) in [6.45, 7) is 4.39. The minimum Gasteiger partial charge on any atom is -0.300 e. The molecule has 0 aromatic heterocycles. The molecule has 0 amide bonds. The van der Waals surface area contributed by atoms with Gasteiger partial charge < -0.3 is 0 Å². The third-order valence-corrected chi connectivity index (χ3v) is 4.58. The van der Waals surface area contributed by atoms with Gasteiger partial charge in [-0.3, -0.25) is 4.79 Å². The van der Waals surface area contributed by atoms with E-state index in [1.807, 2.05) is 11.8 Å². The maximum absolute atomic E-state index is 11.8. The monoisotopic (exact) mass is 228 g/mol. The van der Waals surface area contributed by atoms with Crippen LogP contribution in [-0.4, -0.2) is 17.3 Å². The van der Waals surface area contributed by atoms with E-state index in [1.54, 1.807) is 0 Å². The van der Waals surface area contributed by atoms with Crippen LogP contribution in [0, 0.1) is 11.8 Å². The lowest BCUT2D eigenvalue weighted by atomic mass is 9.90. The highest BCUT2D eigenvalue weighted by molar-refractivity contribution is 7.99. The van der Waals surface area contributed by atoms with E-state index in [0.29, 0.717) is 17.6 Å². The van der Waals surface area contributed by atoms with E-state index in [-0.39, 0.29) is 0 Å². The van der Waals surface area contributed by atoms with Crippen molar-refractivity contribution in [1.29, 1.82) is 0 Å². The fourth-order valence-corrected chi connectivity index (χ4v) is 3.46. The average Bonchev–Trinajstić information content (AvgIpc) is 2.27. The Morgan fingerprint density at radius 3 is 2.40 bits per heavy atom. The van der Waals surface area contributed by atoms with Crippen molar-refractivity contribution >= 4 is 17.5 Å². The molecule has 1 fully saturated rings.